The van der Waals surface area contributed by atoms with Gasteiger partial charge in [-0.25, -0.2) is 0 Å². The van der Waals surface area contributed by atoms with Gasteiger partial charge in [0, 0.05) is 0 Å². The lowest BCUT2D eigenvalue weighted by Gasteiger charge is -2.34. The van der Waals surface area contributed by atoms with Gasteiger partial charge >= 0.3 is 0 Å². The Kier molecular flexibility index (Phi) is 3.89. The molecule has 0 heterocycles. The van der Waals surface area contributed by atoms with Crippen LogP contribution in [0.15, 0.2) is 0 Å². The zero-order valence-electron chi connectivity index (χ0n) is 15.4. The third-order valence-electron chi connectivity index (χ3n) is 7.84. The van der Waals surface area contributed by atoms with Crippen LogP contribution in [0.1, 0.15) is 93.9 Å². The second-order valence-electron chi connectivity index (χ2n) is 10.7. The van der Waals surface area contributed by atoms with E-state index in [-0.39, 0.29) is 0 Å². The minimum absolute atomic E-state index is 0.534. The van der Waals surface area contributed by atoms with E-state index in [2.05, 4.69) is 55.4 Å². The first-order valence-electron chi connectivity index (χ1n) is 8.86. The Morgan fingerprint density at radius 3 is 0.900 bits per heavy atom. The Balaban J connectivity index is 1.87. The second kappa shape index (κ2) is 4.75. The van der Waals surface area contributed by atoms with Crippen molar-refractivity contribution in [1.29, 1.82) is 0 Å². The molecule has 2 fully saturated rings. The molecule has 2 saturated carbocycles. The van der Waals surface area contributed by atoms with Gasteiger partial charge in [-0.05, 0) is 59.2 Å². The lowest BCUT2D eigenvalue weighted by molar-refractivity contribution is 0.157. The van der Waals surface area contributed by atoms with Crippen molar-refractivity contribution in [1.82, 2.24) is 0 Å². The first-order valence-corrected chi connectivity index (χ1v) is 8.86. The highest BCUT2D eigenvalue weighted by molar-refractivity contribution is 4.98. The highest BCUT2D eigenvalue weighted by atomic mass is 14.5. The van der Waals surface area contributed by atoms with Gasteiger partial charge in [-0.2, -0.15) is 0 Å². The highest BCUT2D eigenvalue weighted by Crippen LogP contribution is 2.58. The quantitative estimate of drug-likeness (QED) is 0.539. The largest absolute Gasteiger partial charge is 0.0594 e. The number of hydrogen-bond acceptors (Lipinski definition) is 0. The third kappa shape index (κ3) is 2.81. The second-order valence-corrected chi connectivity index (χ2v) is 10.7. The molecule has 0 nitrogen and oxygen atoms in total. The van der Waals surface area contributed by atoms with E-state index in [9.17, 15) is 0 Å². The van der Waals surface area contributed by atoms with Crippen molar-refractivity contribution in [3.8, 4) is 0 Å². The van der Waals surface area contributed by atoms with Crippen LogP contribution in [0.2, 0.25) is 0 Å². The Morgan fingerprint density at radius 1 is 0.500 bits per heavy atom. The van der Waals surface area contributed by atoms with Crippen molar-refractivity contribution in [2.24, 2.45) is 33.5 Å². The predicted molar refractivity (Wildman–Crippen MR) is 89.8 cm³/mol. The maximum absolute atomic E-state index is 2.48. The molecule has 0 spiro atoms. The molecule has 0 aromatic rings. The van der Waals surface area contributed by atoms with Gasteiger partial charge in [0.05, 0.1) is 0 Å². The van der Waals surface area contributed by atoms with E-state index in [1.54, 1.807) is 0 Å². The van der Waals surface area contributed by atoms with Gasteiger partial charge in [-0.15, -0.1) is 0 Å². The molecular formula is C20H38. The SMILES string of the molecule is CC1(C)CC(CCC2CC(C)(C)C(C)(C)C2)CC1(C)C. The van der Waals surface area contributed by atoms with Crippen LogP contribution in [0.4, 0.5) is 0 Å². The van der Waals surface area contributed by atoms with Crippen molar-refractivity contribution in [2.75, 3.05) is 0 Å². The first kappa shape index (κ1) is 16.4. The predicted octanol–water partition coefficient (Wildman–Crippen LogP) is 6.69. The molecule has 2 rings (SSSR count). The van der Waals surface area contributed by atoms with Crippen LogP contribution >= 0.6 is 0 Å². The van der Waals surface area contributed by atoms with Gasteiger partial charge in [-0.3, -0.25) is 0 Å². The van der Waals surface area contributed by atoms with E-state index in [4.69, 9.17) is 0 Å². The van der Waals surface area contributed by atoms with Crippen LogP contribution in [-0.2, 0) is 0 Å². The van der Waals surface area contributed by atoms with Crippen molar-refractivity contribution >= 4 is 0 Å². The maximum atomic E-state index is 2.48. The van der Waals surface area contributed by atoms with Gasteiger partial charge in [0.1, 0.15) is 0 Å². The summed E-state index contributed by atoms with van der Waals surface area (Å²) in [6.45, 7) is 19.8. The maximum Gasteiger partial charge on any atom is -0.0300 e. The molecule has 0 amide bonds. The molecule has 118 valence electrons. The van der Waals surface area contributed by atoms with Crippen molar-refractivity contribution in [3.05, 3.63) is 0 Å². The standard InChI is InChI=1S/C20H38/c1-17(2)11-15(12-18(17,3)4)9-10-16-13-19(5,6)20(7,8)14-16/h15-16H,9-14H2,1-8H3. The van der Waals surface area contributed by atoms with Crippen molar-refractivity contribution in [3.63, 3.8) is 0 Å². The van der Waals surface area contributed by atoms with Gasteiger partial charge in [-0.1, -0.05) is 68.2 Å². The summed E-state index contributed by atoms with van der Waals surface area (Å²) in [5.74, 6) is 1.96. The van der Waals surface area contributed by atoms with Crippen molar-refractivity contribution < 1.29 is 0 Å². The molecule has 0 aliphatic heterocycles. The average Bonchev–Trinajstić information content (AvgIpc) is 2.55. The highest BCUT2D eigenvalue weighted by Gasteiger charge is 2.48. The van der Waals surface area contributed by atoms with Crippen molar-refractivity contribution in [2.45, 2.75) is 93.9 Å². The van der Waals surface area contributed by atoms with Crippen LogP contribution in [0.3, 0.4) is 0 Å². The van der Waals surface area contributed by atoms with Crippen LogP contribution in [0.5, 0.6) is 0 Å². The lowest BCUT2D eigenvalue weighted by Crippen LogP contribution is -2.25. The third-order valence-corrected chi connectivity index (χ3v) is 7.84. The summed E-state index contributed by atoms with van der Waals surface area (Å²) in [5.41, 5.74) is 2.13. The van der Waals surface area contributed by atoms with Gasteiger partial charge < -0.3 is 0 Å². The van der Waals surface area contributed by atoms with Crippen LogP contribution in [0, 0.1) is 33.5 Å². The molecule has 20 heavy (non-hydrogen) atoms. The molecule has 0 radical (unpaired) electrons. The number of hydrogen-bond donors (Lipinski definition) is 0. The van der Waals surface area contributed by atoms with E-state index in [0.29, 0.717) is 21.7 Å². The zero-order chi connectivity index (χ0) is 15.4. The summed E-state index contributed by atoms with van der Waals surface area (Å²) in [6.07, 6.45) is 8.73. The molecule has 0 aromatic heterocycles. The van der Waals surface area contributed by atoms with Gasteiger partial charge in [0.25, 0.3) is 0 Å². The molecule has 2 aliphatic carbocycles. The van der Waals surface area contributed by atoms with E-state index in [0.717, 1.165) is 11.8 Å². The topological polar surface area (TPSA) is 0 Å². The molecule has 0 heteroatoms. The van der Waals surface area contributed by atoms with Crippen LogP contribution < -0.4 is 0 Å². The zero-order valence-corrected chi connectivity index (χ0v) is 15.4. The Morgan fingerprint density at radius 2 is 0.700 bits per heavy atom. The fraction of sp³-hybridized carbons (Fsp3) is 1.00. The minimum Gasteiger partial charge on any atom is -0.0594 e. The van der Waals surface area contributed by atoms with E-state index < -0.39 is 0 Å². The fourth-order valence-electron chi connectivity index (χ4n) is 5.02. The summed E-state index contributed by atoms with van der Waals surface area (Å²) in [4.78, 5) is 0. The van der Waals surface area contributed by atoms with Gasteiger partial charge in [0.2, 0.25) is 0 Å². The molecule has 2 aliphatic rings. The lowest BCUT2D eigenvalue weighted by atomic mass is 9.71. The molecule has 0 unspecified atom stereocenters. The first-order chi connectivity index (χ1) is 8.86. The van der Waals surface area contributed by atoms with Gasteiger partial charge in [0.15, 0.2) is 0 Å². The molecular weight excluding hydrogens is 240 g/mol. The van der Waals surface area contributed by atoms with Crippen LogP contribution in [-0.4, -0.2) is 0 Å². The van der Waals surface area contributed by atoms with Crippen LogP contribution in [0.25, 0.3) is 0 Å². The minimum atomic E-state index is 0.534. The van der Waals surface area contributed by atoms with E-state index >= 15 is 0 Å². The molecule has 0 aromatic carbocycles. The Labute approximate surface area is 128 Å². The monoisotopic (exact) mass is 278 g/mol. The molecule has 0 N–H and O–H groups in total. The summed E-state index contributed by atoms with van der Waals surface area (Å²) in [5, 5.41) is 0. The Bertz CT molecular complexity index is 288. The summed E-state index contributed by atoms with van der Waals surface area (Å²) < 4.78 is 0. The Hall–Kier alpha value is 0. The summed E-state index contributed by atoms with van der Waals surface area (Å²) in [7, 11) is 0. The van der Waals surface area contributed by atoms with E-state index in [1.807, 2.05) is 0 Å². The smallest absolute Gasteiger partial charge is 0.0300 e. The normalized spacial score (nSPS) is 31.8. The molecule has 0 atom stereocenters. The summed E-state index contributed by atoms with van der Waals surface area (Å²) in [6, 6.07) is 0. The molecule has 0 saturated heterocycles. The summed E-state index contributed by atoms with van der Waals surface area (Å²) >= 11 is 0. The van der Waals surface area contributed by atoms with E-state index in [1.165, 1.54) is 38.5 Å². The number of rotatable bonds is 3. The average molecular weight is 279 g/mol. The fourth-order valence-corrected chi connectivity index (χ4v) is 5.02. The molecule has 0 bridgehead atoms.